The molecule has 0 bridgehead atoms. The number of nitrogens with one attached hydrogen (secondary N) is 2. The SMILES string of the molecule is CCOC(=O)c1c(C)[nH]c(C(=O)OCC(=O)Nc2ccc(C)c(F)c2)c1C. The number of esters is 2. The smallest absolute Gasteiger partial charge is 0.355 e. The first-order valence-corrected chi connectivity index (χ1v) is 8.34. The summed E-state index contributed by atoms with van der Waals surface area (Å²) < 4.78 is 23.4. The normalized spacial score (nSPS) is 10.4. The number of carbonyl (C=O) groups excluding carboxylic acids is 3. The first kappa shape index (κ1) is 20.2. The van der Waals surface area contributed by atoms with Crippen LogP contribution < -0.4 is 5.32 Å². The number of halogens is 1. The van der Waals surface area contributed by atoms with E-state index < -0.39 is 30.3 Å². The number of carbonyl (C=O) groups is 3. The summed E-state index contributed by atoms with van der Waals surface area (Å²) in [5.74, 6) is -2.38. The number of anilines is 1. The number of aromatic nitrogens is 1. The van der Waals surface area contributed by atoms with E-state index in [1.807, 2.05) is 0 Å². The molecule has 0 spiro atoms. The molecule has 0 aliphatic carbocycles. The number of benzene rings is 1. The molecule has 2 rings (SSSR count). The van der Waals surface area contributed by atoms with Crippen LogP contribution in [0.4, 0.5) is 10.1 Å². The Balaban J connectivity index is 2.01. The molecule has 0 unspecified atom stereocenters. The molecule has 0 atom stereocenters. The average Bonchev–Trinajstić information content (AvgIpc) is 2.91. The van der Waals surface area contributed by atoms with Crippen LogP contribution in [0.2, 0.25) is 0 Å². The van der Waals surface area contributed by atoms with Crippen LogP contribution in [-0.2, 0) is 14.3 Å². The van der Waals surface area contributed by atoms with Crippen LogP contribution in [-0.4, -0.2) is 36.0 Å². The number of hydrogen-bond donors (Lipinski definition) is 2. The van der Waals surface area contributed by atoms with Crippen molar-refractivity contribution in [2.75, 3.05) is 18.5 Å². The third kappa shape index (κ3) is 4.72. The fourth-order valence-corrected chi connectivity index (χ4v) is 2.53. The van der Waals surface area contributed by atoms with Crippen molar-refractivity contribution in [2.45, 2.75) is 27.7 Å². The zero-order chi connectivity index (χ0) is 20.1. The van der Waals surface area contributed by atoms with Crippen molar-refractivity contribution >= 4 is 23.5 Å². The van der Waals surface area contributed by atoms with Gasteiger partial charge in [-0.3, -0.25) is 4.79 Å². The lowest BCUT2D eigenvalue weighted by Gasteiger charge is -2.07. The van der Waals surface area contributed by atoms with Gasteiger partial charge in [-0.1, -0.05) is 6.07 Å². The highest BCUT2D eigenvalue weighted by molar-refractivity contribution is 5.99. The molecule has 0 fully saturated rings. The predicted octanol–water partition coefficient (Wildman–Crippen LogP) is 3.05. The van der Waals surface area contributed by atoms with Gasteiger partial charge < -0.3 is 19.8 Å². The summed E-state index contributed by atoms with van der Waals surface area (Å²) in [5.41, 5.74) is 1.91. The summed E-state index contributed by atoms with van der Waals surface area (Å²) in [6.07, 6.45) is 0. The molecule has 1 aromatic heterocycles. The Kier molecular flexibility index (Phi) is 6.33. The van der Waals surface area contributed by atoms with E-state index in [1.165, 1.54) is 12.1 Å². The molecule has 1 heterocycles. The molecule has 2 aromatic rings. The number of amides is 1. The Morgan fingerprint density at radius 1 is 1.11 bits per heavy atom. The van der Waals surface area contributed by atoms with Gasteiger partial charge in [-0.2, -0.15) is 0 Å². The minimum Gasteiger partial charge on any atom is -0.462 e. The van der Waals surface area contributed by atoms with Gasteiger partial charge in [0.05, 0.1) is 12.2 Å². The van der Waals surface area contributed by atoms with Gasteiger partial charge in [-0.05, 0) is 51.0 Å². The Morgan fingerprint density at radius 2 is 1.81 bits per heavy atom. The zero-order valence-corrected chi connectivity index (χ0v) is 15.6. The molecule has 2 N–H and O–H groups in total. The minimum absolute atomic E-state index is 0.0738. The maximum absolute atomic E-state index is 13.5. The van der Waals surface area contributed by atoms with Crippen LogP contribution in [0.15, 0.2) is 18.2 Å². The number of hydrogen-bond acceptors (Lipinski definition) is 5. The summed E-state index contributed by atoms with van der Waals surface area (Å²) in [6, 6.07) is 4.25. The van der Waals surface area contributed by atoms with Crippen LogP contribution in [0.3, 0.4) is 0 Å². The highest BCUT2D eigenvalue weighted by Crippen LogP contribution is 2.20. The van der Waals surface area contributed by atoms with Gasteiger partial charge in [-0.15, -0.1) is 0 Å². The van der Waals surface area contributed by atoms with Crippen molar-refractivity contribution in [3.8, 4) is 0 Å². The maximum atomic E-state index is 13.5. The van der Waals surface area contributed by atoms with Gasteiger partial charge in [0.2, 0.25) is 0 Å². The van der Waals surface area contributed by atoms with E-state index in [4.69, 9.17) is 9.47 Å². The van der Waals surface area contributed by atoms with Gasteiger partial charge in [0.25, 0.3) is 5.91 Å². The molecule has 1 aromatic carbocycles. The molecule has 0 radical (unpaired) electrons. The highest BCUT2D eigenvalue weighted by Gasteiger charge is 2.24. The number of aryl methyl sites for hydroxylation is 2. The third-order valence-corrected chi connectivity index (χ3v) is 3.91. The van der Waals surface area contributed by atoms with Crippen molar-refractivity contribution < 1.29 is 28.2 Å². The molecule has 0 saturated carbocycles. The summed E-state index contributed by atoms with van der Waals surface area (Å²) in [7, 11) is 0. The lowest BCUT2D eigenvalue weighted by Crippen LogP contribution is -2.21. The summed E-state index contributed by atoms with van der Waals surface area (Å²) in [5, 5.41) is 2.44. The predicted molar refractivity (Wildman–Crippen MR) is 96.3 cm³/mol. The number of rotatable bonds is 6. The van der Waals surface area contributed by atoms with Crippen molar-refractivity contribution in [3.05, 3.63) is 52.1 Å². The lowest BCUT2D eigenvalue weighted by molar-refractivity contribution is -0.119. The van der Waals surface area contributed by atoms with E-state index in [-0.39, 0.29) is 23.6 Å². The minimum atomic E-state index is -0.781. The van der Waals surface area contributed by atoms with E-state index in [0.717, 1.165) is 0 Å². The van der Waals surface area contributed by atoms with E-state index in [2.05, 4.69) is 10.3 Å². The second kappa shape index (κ2) is 8.48. The van der Waals surface area contributed by atoms with Gasteiger partial charge in [-0.25, -0.2) is 14.0 Å². The highest BCUT2D eigenvalue weighted by atomic mass is 19.1. The Bertz CT molecular complexity index is 888. The Labute approximate surface area is 155 Å². The number of aromatic amines is 1. The van der Waals surface area contributed by atoms with Crippen molar-refractivity contribution in [3.63, 3.8) is 0 Å². The molecule has 8 heteroatoms. The number of H-pyrrole nitrogens is 1. The molecule has 0 saturated heterocycles. The maximum Gasteiger partial charge on any atom is 0.355 e. The molecule has 27 heavy (non-hydrogen) atoms. The van der Waals surface area contributed by atoms with E-state index in [0.29, 0.717) is 16.8 Å². The molecule has 7 nitrogen and oxygen atoms in total. The molecule has 0 aliphatic rings. The van der Waals surface area contributed by atoms with Crippen LogP contribution in [0.5, 0.6) is 0 Å². The van der Waals surface area contributed by atoms with E-state index in [9.17, 15) is 18.8 Å². The first-order chi connectivity index (χ1) is 12.7. The Hall–Kier alpha value is -3.16. The van der Waals surface area contributed by atoms with Crippen LogP contribution in [0, 0.1) is 26.6 Å². The van der Waals surface area contributed by atoms with Crippen LogP contribution in [0.25, 0.3) is 0 Å². The lowest BCUT2D eigenvalue weighted by atomic mass is 10.1. The molecule has 1 amide bonds. The summed E-state index contributed by atoms with van der Waals surface area (Å²) in [4.78, 5) is 38.9. The van der Waals surface area contributed by atoms with Gasteiger partial charge in [0, 0.05) is 11.4 Å². The topological polar surface area (TPSA) is 97.5 Å². The molecule has 0 aliphatic heterocycles. The van der Waals surface area contributed by atoms with Crippen LogP contribution in [0.1, 0.15) is 44.6 Å². The van der Waals surface area contributed by atoms with Crippen molar-refractivity contribution in [1.29, 1.82) is 0 Å². The number of ether oxygens (including phenoxy) is 2. The average molecular weight is 376 g/mol. The van der Waals surface area contributed by atoms with E-state index >= 15 is 0 Å². The van der Waals surface area contributed by atoms with Crippen molar-refractivity contribution in [1.82, 2.24) is 4.98 Å². The quantitative estimate of drug-likeness (QED) is 0.755. The van der Waals surface area contributed by atoms with E-state index in [1.54, 1.807) is 33.8 Å². The Morgan fingerprint density at radius 3 is 2.44 bits per heavy atom. The second-order valence-electron chi connectivity index (χ2n) is 5.93. The van der Waals surface area contributed by atoms with Crippen LogP contribution >= 0.6 is 0 Å². The molecular formula is C19H21FN2O5. The van der Waals surface area contributed by atoms with Gasteiger partial charge in [0.15, 0.2) is 6.61 Å². The molecule has 144 valence electrons. The summed E-state index contributed by atoms with van der Waals surface area (Å²) >= 11 is 0. The largest absolute Gasteiger partial charge is 0.462 e. The van der Waals surface area contributed by atoms with Gasteiger partial charge in [0.1, 0.15) is 11.5 Å². The monoisotopic (exact) mass is 376 g/mol. The fourth-order valence-electron chi connectivity index (χ4n) is 2.53. The summed E-state index contributed by atoms with van der Waals surface area (Å²) in [6.45, 7) is 6.16. The zero-order valence-electron chi connectivity index (χ0n) is 15.6. The third-order valence-electron chi connectivity index (χ3n) is 3.91. The van der Waals surface area contributed by atoms with Crippen molar-refractivity contribution in [2.24, 2.45) is 0 Å². The molecular weight excluding hydrogens is 355 g/mol. The van der Waals surface area contributed by atoms with Gasteiger partial charge >= 0.3 is 11.9 Å². The fraction of sp³-hybridized carbons (Fsp3) is 0.316. The standard InChI is InChI=1S/C19H21FN2O5/c1-5-26-18(24)16-11(3)17(21-12(16)4)19(25)27-9-15(23)22-13-7-6-10(2)14(20)8-13/h6-8,21H,5,9H2,1-4H3,(H,22,23). The second-order valence-corrected chi connectivity index (χ2v) is 5.93. The first-order valence-electron chi connectivity index (χ1n) is 8.34.